The fraction of sp³-hybridized carbons (Fsp3) is 0.500. The number of amides is 1. The van der Waals surface area contributed by atoms with Gasteiger partial charge in [-0.05, 0) is 18.6 Å². The van der Waals surface area contributed by atoms with E-state index in [9.17, 15) is 23.1 Å². The largest absolute Gasteiger partial charge is 0.484 e. The average molecular weight is 372 g/mol. The standard InChI is InChI=1S/C14H14Cl2F3NO3/c15-10-2-1-8(5-11(10)16)23-7-13(22)20-4-3-9(12(20)6-21)14(17,18)19/h1-2,5,9,12,21H,3-4,6-7H2/t9-,12-/m1/s1. The summed E-state index contributed by atoms with van der Waals surface area (Å²) in [7, 11) is 0. The number of halogens is 5. The summed E-state index contributed by atoms with van der Waals surface area (Å²) in [5.74, 6) is -2.07. The van der Waals surface area contributed by atoms with Crippen molar-refractivity contribution < 1.29 is 27.8 Å². The predicted molar refractivity (Wildman–Crippen MR) is 78.7 cm³/mol. The van der Waals surface area contributed by atoms with Crippen LogP contribution in [0, 0.1) is 5.92 Å². The molecule has 0 bridgehead atoms. The van der Waals surface area contributed by atoms with Gasteiger partial charge in [-0.25, -0.2) is 0 Å². The van der Waals surface area contributed by atoms with Gasteiger partial charge in [-0.15, -0.1) is 0 Å². The second kappa shape index (κ2) is 7.15. The van der Waals surface area contributed by atoms with Crippen molar-refractivity contribution in [2.45, 2.75) is 18.6 Å². The first-order chi connectivity index (χ1) is 10.7. The zero-order valence-electron chi connectivity index (χ0n) is 11.8. The van der Waals surface area contributed by atoms with Crippen molar-refractivity contribution in [1.29, 1.82) is 0 Å². The van der Waals surface area contributed by atoms with E-state index >= 15 is 0 Å². The second-order valence-electron chi connectivity index (χ2n) is 5.14. The van der Waals surface area contributed by atoms with Crippen LogP contribution in [0.25, 0.3) is 0 Å². The van der Waals surface area contributed by atoms with Gasteiger partial charge in [-0.1, -0.05) is 23.2 Å². The molecule has 1 aromatic rings. The summed E-state index contributed by atoms with van der Waals surface area (Å²) in [6, 6.07) is 3.10. The van der Waals surface area contributed by atoms with E-state index in [2.05, 4.69) is 0 Å². The Balaban J connectivity index is 1.99. The van der Waals surface area contributed by atoms with Crippen molar-refractivity contribution in [2.75, 3.05) is 19.8 Å². The fourth-order valence-corrected chi connectivity index (χ4v) is 2.85. The number of rotatable bonds is 4. The van der Waals surface area contributed by atoms with Crippen LogP contribution in [0.5, 0.6) is 5.75 Å². The zero-order chi connectivity index (χ0) is 17.2. The normalized spacial score (nSPS) is 21.6. The van der Waals surface area contributed by atoms with Crippen molar-refractivity contribution in [3.63, 3.8) is 0 Å². The van der Waals surface area contributed by atoms with E-state index < -0.39 is 37.3 Å². The van der Waals surface area contributed by atoms with E-state index in [4.69, 9.17) is 27.9 Å². The Kier molecular flexibility index (Phi) is 5.65. The highest BCUT2D eigenvalue weighted by Gasteiger charge is 2.51. The minimum Gasteiger partial charge on any atom is -0.484 e. The lowest BCUT2D eigenvalue weighted by Gasteiger charge is -2.27. The molecule has 0 aromatic heterocycles. The van der Waals surface area contributed by atoms with Gasteiger partial charge in [-0.3, -0.25) is 4.79 Å². The Morgan fingerprint density at radius 1 is 1.35 bits per heavy atom. The van der Waals surface area contributed by atoms with E-state index in [0.29, 0.717) is 5.02 Å². The molecule has 1 aromatic carbocycles. The summed E-state index contributed by atoms with van der Waals surface area (Å²) < 4.78 is 43.8. The number of nitrogens with zero attached hydrogens (tertiary/aromatic N) is 1. The molecule has 0 radical (unpaired) electrons. The van der Waals surface area contributed by atoms with Crippen LogP contribution in [0.2, 0.25) is 10.0 Å². The predicted octanol–water partition coefficient (Wildman–Crippen LogP) is 3.14. The number of likely N-dealkylation sites (tertiary alicyclic amines) is 1. The number of benzene rings is 1. The summed E-state index contributed by atoms with van der Waals surface area (Å²) in [5, 5.41) is 9.76. The molecule has 0 unspecified atom stereocenters. The average Bonchev–Trinajstić information content (AvgIpc) is 2.92. The van der Waals surface area contributed by atoms with Crippen LogP contribution < -0.4 is 4.74 Å². The molecule has 1 amide bonds. The number of aliphatic hydroxyl groups is 1. The van der Waals surface area contributed by atoms with Gasteiger partial charge in [0, 0.05) is 12.6 Å². The highest BCUT2D eigenvalue weighted by molar-refractivity contribution is 6.42. The SMILES string of the molecule is O=C(COc1ccc(Cl)c(Cl)c1)N1CC[C@@H](C(F)(F)F)[C@H]1CO. The maximum absolute atomic E-state index is 12.9. The fourth-order valence-electron chi connectivity index (χ4n) is 2.57. The third-order valence-corrected chi connectivity index (χ3v) is 4.47. The van der Waals surface area contributed by atoms with Gasteiger partial charge in [0.2, 0.25) is 0 Å². The zero-order valence-corrected chi connectivity index (χ0v) is 13.3. The minimum atomic E-state index is -4.45. The van der Waals surface area contributed by atoms with E-state index in [0.717, 1.165) is 4.90 Å². The number of aliphatic hydroxyl groups excluding tert-OH is 1. The molecule has 1 aliphatic rings. The second-order valence-corrected chi connectivity index (χ2v) is 5.95. The summed E-state index contributed by atoms with van der Waals surface area (Å²) in [4.78, 5) is 13.1. The molecule has 0 saturated carbocycles. The van der Waals surface area contributed by atoms with Gasteiger partial charge in [0.05, 0.1) is 28.6 Å². The summed E-state index contributed by atoms with van der Waals surface area (Å²) in [6.45, 7) is -1.26. The van der Waals surface area contributed by atoms with Crippen LogP contribution in [0.4, 0.5) is 13.2 Å². The summed E-state index contributed by atoms with van der Waals surface area (Å²) in [6.07, 6.45) is -4.68. The van der Waals surface area contributed by atoms with Crippen molar-refractivity contribution in [1.82, 2.24) is 4.90 Å². The van der Waals surface area contributed by atoms with E-state index in [1.807, 2.05) is 0 Å². The third-order valence-electron chi connectivity index (χ3n) is 3.73. The lowest BCUT2D eigenvalue weighted by atomic mass is 10.0. The quantitative estimate of drug-likeness (QED) is 0.884. The van der Waals surface area contributed by atoms with Crippen LogP contribution in [0.1, 0.15) is 6.42 Å². The molecule has 4 nitrogen and oxygen atoms in total. The molecule has 0 aliphatic carbocycles. The lowest BCUT2D eigenvalue weighted by Crippen LogP contribution is -2.45. The van der Waals surface area contributed by atoms with Gasteiger partial charge in [0.15, 0.2) is 6.61 Å². The van der Waals surface area contributed by atoms with E-state index in [1.54, 1.807) is 0 Å². The van der Waals surface area contributed by atoms with Gasteiger partial charge < -0.3 is 14.7 Å². The molecular weight excluding hydrogens is 358 g/mol. The number of carbonyl (C=O) groups is 1. The molecule has 9 heteroatoms. The smallest absolute Gasteiger partial charge is 0.393 e. The third kappa shape index (κ3) is 4.22. The Hall–Kier alpha value is -1.18. The van der Waals surface area contributed by atoms with Gasteiger partial charge in [0.1, 0.15) is 5.75 Å². The number of ether oxygens (including phenoxy) is 1. The first kappa shape index (κ1) is 18.2. The molecule has 0 spiro atoms. The number of hydrogen-bond acceptors (Lipinski definition) is 3. The van der Waals surface area contributed by atoms with Crippen molar-refractivity contribution >= 4 is 29.1 Å². The molecular formula is C14H14Cl2F3NO3. The van der Waals surface area contributed by atoms with Crippen molar-refractivity contribution in [3.8, 4) is 5.75 Å². The van der Waals surface area contributed by atoms with Gasteiger partial charge >= 0.3 is 6.18 Å². The first-order valence-corrected chi connectivity index (χ1v) is 7.54. The van der Waals surface area contributed by atoms with Crippen LogP contribution in [-0.2, 0) is 4.79 Å². The summed E-state index contributed by atoms with van der Waals surface area (Å²) >= 11 is 11.6. The lowest BCUT2D eigenvalue weighted by molar-refractivity contribution is -0.184. The van der Waals surface area contributed by atoms with Gasteiger partial charge in [-0.2, -0.15) is 13.2 Å². The van der Waals surface area contributed by atoms with Crippen molar-refractivity contribution in [3.05, 3.63) is 28.2 Å². The molecule has 1 N–H and O–H groups in total. The van der Waals surface area contributed by atoms with Crippen molar-refractivity contribution in [2.24, 2.45) is 5.92 Å². The van der Waals surface area contributed by atoms with Crippen LogP contribution in [-0.4, -0.2) is 47.9 Å². The molecule has 1 fully saturated rings. The Bertz CT molecular complexity index is 583. The number of hydrogen-bond donors (Lipinski definition) is 1. The Labute approximate surface area is 140 Å². The van der Waals surface area contributed by atoms with E-state index in [-0.39, 0.29) is 23.7 Å². The Morgan fingerprint density at radius 2 is 2.04 bits per heavy atom. The van der Waals surface area contributed by atoms with Crippen LogP contribution in [0.15, 0.2) is 18.2 Å². The molecule has 1 saturated heterocycles. The highest BCUT2D eigenvalue weighted by Crippen LogP contribution is 2.38. The maximum atomic E-state index is 12.9. The van der Waals surface area contributed by atoms with Crippen LogP contribution in [0.3, 0.4) is 0 Å². The number of alkyl halides is 3. The highest BCUT2D eigenvalue weighted by atomic mass is 35.5. The molecule has 1 aliphatic heterocycles. The van der Waals surface area contributed by atoms with Gasteiger partial charge in [0.25, 0.3) is 5.91 Å². The molecule has 2 rings (SSSR count). The molecule has 23 heavy (non-hydrogen) atoms. The van der Waals surface area contributed by atoms with Crippen LogP contribution >= 0.6 is 23.2 Å². The minimum absolute atomic E-state index is 0.0705. The molecule has 128 valence electrons. The number of carbonyl (C=O) groups excluding carboxylic acids is 1. The first-order valence-electron chi connectivity index (χ1n) is 6.79. The Morgan fingerprint density at radius 3 is 2.61 bits per heavy atom. The monoisotopic (exact) mass is 371 g/mol. The molecule has 1 heterocycles. The molecule has 2 atom stereocenters. The summed E-state index contributed by atoms with van der Waals surface area (Å²) in [5.41, 5.74) is 0. The topological polar surface area (TPSA) is 49.8 Å². The maximum Gasteiger partial charge on any atom is 0.393 e. The van der Waals surface area contributed by atoms with E-state index in [1.165, 1.54) is 18.2 Å².